The zero-order chi connectivity index (χ0) is 7.68. The molecule has 3 heteroatoms. The van der Waals surface area contributed by atoms with Gasteiger partial charge in [0.2, 0.25) is 0 Å². The molecule has 0 atom stereocenters. The van der Waals surface area contributed by atoms with Crippen LogP contribution in [-0.2, 0) is 0 Å². The Kier molecular flexibility index (Phi) is 1.28. The normalized spacial score (nSPS) is 10.3. The Morgan fingerprint density at radius 1 is 1.36 bits per heavy atom. The molecule has 0 N–H and O–H groups in total. The Bertz CT molecular complexity index is 381. The van der Waals surface area contributed by atoms with Crippen molar-refractivity contribution in [2.24, 2.45) is 0 Å². The number of hydrogen-bond donors (Lipinski definition) is 0. The number of nitrogens with zero attached hydrogens (tertiary/aromatic N) is 2. The molecule has 0 aliphatic carbocycles. The minimum absolute atomic E-state index is 0.273. The van der Waals surface area contributed by atoms with Crippen molar-refractivity contribution in [1.29, 1.82) is 0 Å². The summed E-state index contributed by atoms with van der Waals surface area (Å²) in [7, 11) is 0. The van der Waals surface area contributed by atoms with Crippen molar-refractivity contribution in [1.82, 2.24) is 9.97 Å². The largest absolute Gasteiger partial charge is 0.252 e. The van der Waals surface area contributed by atoms with E-state index in [1.807, 2.05) is 0 Å². The first-order valence-corrected chi connectivity index (χ1v) is 3.15. The van der Waals surface area contributed by atoms with Gasteiger partial charge < -0.3 is 0 Å². The monoisotopic (exact) mass is 147 g/mol. The molecule has 11 heavy (non-hydrogen) atoms. The molecule has 0 aliphatic rings. The summed E-state index contributed by atoms with van der Waals surface area (Å²) in [6.07, 6.45) is 3.89. The van der Waals surface area contributed by atoms with Gasteiger partial charge in [0.1, 0.15) is 11.7 Å². The van der Waals surface area contributed by atoms with Crippen LogP contribution in [0.25, 0.3) is 11.0 Å². The Morgan fingerprint density at radius 2 is 2.27 bits per heavy atom. The fourth-order valence-corrected chi connectivity index (χ4v) is 0.911. The molecule has 0 saturated carbocycles. The maximum atomic E-state index is 12.9. The molecule has 0 spiro atoms. The minimum Gasteiger partial charge on any atom is -0.252 e. The lowest BCUT2D eigenvalue weighted by atomic mass is 10.3. The van der Waals surface area contributed by atoms with Gasteiger partial charge in [-0.2, -0.15) is 0 Å². The number of aromatic nitrogens is 2. The third-order valence-corrected chi connectivity index (χ3v) is 1.40. The van der Waals surface area contributed by atoms with Crippen LogP contribution in [0.1, 0.15) is 0 Å². The van der Waals surface area contributed by atoms with Gasteiger partial charge >= 0.3 is 0 Å². The highest BCUT2D eigenvalue weighted by Crippen LogP contribution is 2.10. The van der Waals surface area contributed by atoms with Crippen LogP contribution in [0.2, 0.25) is 0 Å². The van der Waals surface area contributed by atoms with Gasteiger partial charge in [0.15, 0.2) is 5.82 Å². The molecule has 0 unspecified atom stereocenters. The van der Waals surface area contributed by atoms with Crippen LogP contribution >= 0.6 is 0 Å². The third-order valence-electron chi connectivity index (χ3n) is 1.40. The molecular formula is C8H4FN2. The molecule has 53 valence electrons. The SMILES string of the molecule is Fc1cccc2nc[c]nc12. The molecule has 1 aromatic heterocycles. The van der Waals surface area contributed by atoms with E-state index < -0.39 is 0 Å². The summed E-state index contributed by atoms with van der Waals surface area (Å²) in [6, 6.07) is 4.66. The summed E-state index contributed by atoms with van der Waals surface area (Å²) in [6.45, 7) is 0. The molecule has 2 rings (SSSR count). The summed E-state index contributed by atoms with van der Waals surface area (Å²) in [4.78, 5) is 7.60. The predicted molar refractivity (Wildman–Crippen MR) is 38.3 cm³/mol. The molecule has 1 aromatic carbocycles. The van der Waals surface area contributed by atoms with Crippen molar-refractivity contribution >= 4 is 11.0 Å². The highest BCUT2D eigenvalue weighted by molar-refractivity contribution is 5.73. The fourth-order valence-electron chi connectivity index (χ4n) is 0.911. The second-order valence-electron chi connectivity index (χ2n) is 2.11. The number of rotatable bonds is 0. The van der Waals surface area contributed by atoms with E-state index in [-0.39, 0.29) is 11.3 Å². The summed E-state index contributed by atoms with van der Waals surface area (Å²) in [5, 5.41) is 0. The van der Waals surface area contributed by atoms with Gasteiger partial charge in [0, 0.05) is 0 Å². The second-order valence-corrected chi connectivity index (χ2v) is 2.11. The van der Waals surface area contributed by atoms with Crippen molar-refractivity contribution in [3.05, 3.63) is 36.4 Å². The van der Waals surface area contributed by atoms with Crippen LogP contribution in [-0.4, -0.2) is 9.97 Å². The lowest BCUT2D eigenvalue weighted by Crippen LogP contribution is -1.85. The molecule has 1 radical (unpaired) electrons. The number of fused-ring (bicyclic) bond motifs is 1. The molecule has 0 bridgehead atoms. The first-order chi connectivity index (χ1) is 5.38. The Labute approximate surface area is 62.7 Å². The van der Waals surface area contributed by atoms with E-state index in [0.29, 0.717) is 5.52 Å². The third kappa shape index (κ3) is 0.941. The molecule has 1 heterocycles. The first kappa shape index (κ1) is 6.22. The summed E-state index contributed by atoms with van der Waals surface area (Å²) < 4.78 is 12.9. The number of halogens is 1. The molecule has 2 nitrogen and oxygen atoms in total. The summed E-state index contributed by atoms with van der Waals surface area (Å²) in [5.41, 5.74) is 0.832. The Morgan fingerprint density at radius 3 is 3.09 bits per heavy atom. The van der Waals surface area contributed by atoms with E-state index in [1.54, 1.807) is 12.1 Å². The van der Waals surface area contributed by atoms with Crippen LogP contribution in [0.3, 0.4) is 0 Å². The quantitative estimate of drug-likeness (QED) is 0.565. The summed E-state index contributed by atoms with van der Waals surface area (Å²) >= 11 is 0. The maximum absolute atomic E-state index is 12.9. The lowest BCUT2D eigenvalue weighted by molar-refractivity contribution is 0.636. The van der Waals surface area contributed by atoms with Crippen molar-refractivity contribution in [3.63, 3.8) is 0 Å². The van der Waals surface area contributed by atoms with Gasteiger partial charge in [-0.3, -0.25) is 4.98 Å². The zero-order valence-electron chi connectivity index (χ0n) is 5.58. The van der Waals surface area contributed by atoms with Gasteiger partial charge in [-0.15, -0.1) is 0 Å². The Balaban J connectivity index is 2.91. The average molecular weight is 147 g/mol. The van der Waals surface area contributed by atoms with Gasteiger partial charge in [-0.1, -0.05) is 6.07 Å². The highest BCUT2D eigenvalue weighted by atomic mass is 19.1. The van der Waals surface area contributed by atoms with Crippen LogP contribution in [0.4, 0.5) is 4.39 Å². The van der Waals surface area contributed by atoms with Gasteiger partial charge in [-0.25, -0.2) is 9.37 Å². The first-order valence-electron chi connectivity index (χ1n) is 3.15. The van der Waals surface area contributed by atoms with Crippen molar-refractivity contribution in [3.8, 4) is 0 Å². The van der Waals surface area contributed by atoms with E-state index in [1.165, 1.54) is 12.3 Å². The van der Waals surface area contributed by atoms with E-state index in [9.17, 15) is 4.39 Å². The van der Waals surface area contributed by atoms with Crippen molar-refractivity contribution in [2.45, 2.75) is 0 Å². The van der Waals surface area contributed by atoms with Crippen LogP contribution in [0.15, 0.2) is 24.4 Å². The molecule has 2 aromatic rings. The second kappa shape index (κ2) is 2.27. The fraction of sp³-hybridized carbons (Fsp3) is 0. The van der Waals surface area contributed by atoms with E-state index >= 15 is 0 Å². The standard InChI is InChI=1S/C8H4FN2/c9-6-2-1-3-7-8(6)11-5-4-10-7/h1-4H. The van der Waals surface area contributed by atoms with Crippen LogP contribution in [0.5, 0.6) is 0 Å². The van der Waals surface area contributed by atoms with Crippen molar-refractivity contribution in [2.75, 3.05) is 0 Å². The molecule has 0 amide bonds. The topological polar surface area (TPSA) is 25.8 Å². The number of benzene rings is 1. The molecular weight excluding hydrogens is 143 g/mol. The molecule has 0 saturated heterocycles. The Hall–Kier alpha value is -1.51. The minimum atomic E-state index is -0.355. The molecule has 0 fully saturated rings. The lowest BCUT2D eigenvalue weighted by Gasteiger charge is -1.93. The van der Waals surface area contributed by atoms with Gasteiger partial charge in [0.05, 0.1) is 11.7 Å². The smallest absolute Gasteiger partial charge is 0.151 e. The predicted octanol–water partition coefficient (Wildman–Crippen LogP) is 1.57. The molecule has 0 aliphatic heterocycles. The van der Waals surface area contributed by atoms with E-state index in [4.69, 9.17) is 0 Å². The maximum Gasteiger partial charge on any atom is 0.151 e. The van der Waals surface area contributed by atoms with Crippen molar-refractivity contribution < 1.29 is 4.39 Å². The number of para-hydroxylation sites is 1. The summed E-state index contributed by atoms with van der Waals surface area (Å²) in [5.74, 6) is -0.355. The van der Waals surface area contributed by atoms with Crippen LogP contribution < -0.4 is 0 Å². The van der Waals surface area contributed by atoms with Gasteiger partial charge in [0.25, 0.3) is 0 Å². The average Bonchev–Trinajstić information content (AvgIpc) is 2.06. The number of hydrogen-bond acceptors (Lipinski definition) is 2. The zero-order valence-corrected chi connectivity index (χ0v) is 5.58. The highest BCUT2D eigenvalue weighted by Gasteiger charge is 1.99. The van der Waals surface area contributed by atoms with Crippen LogP contribution in [0, 0.1) is 12.0 Å². The van der Waals surface area contributed by atoms with E-state index in [2.05, 4.69) is 16.2 Å². The van der Waals surface area contributed by atoms with E-state index in [0.717, 1.165) is 0 Å². The van der Waals surface area contributed by atoms with Gasteiger partial charge in [-0.05, 0) is 12.1 Å².